The highest BCUT2D eigenvalue weighted by atomic mass is 31.2. The van der Waals surface area contributed by atoms with Gasteiger partial charge in [0.15, 0.2) is 0 Å². The zero-order chi connectivity index (χ0) is 21.7. The summed E-state index contributed by atoms with van der Waals surface area (Å²) in [5.74, 6) is -2.20. The Morgan fingerprint density at radius 3 is 2.30 bits per heavy atom. The molecule has 0 amide bonds. The van der Waals surface area contributed by atoms with Crippen LogP contribution in [-0.2, 0) is 9.36 Å². The van der Waals surface area contributed by atoms with Gasteiger partial charge in [0.2, 0.25) is 7.37 Å². The van der Waals surface area contributed by atoms with E-state index in [4.69, 9.17) is 0 Å². The van der Waals surface area contributed by atoms with Gasteiger partial charge < -0.3 is 10.00 Å². The first-order chi connectivity index (χ1) is 14.4. The van der Waals surface area contributed by atoms with E-state index in [1.807, 2.05) is 49.4 Å². The fourth-order valence-electron chi connectivity index (χ4n) is 4.31. The standard InChI is InChI=1S/C25H27O4P/c1-3-11-23(24(25(26)27)19-13-6-5-7-14-19)30(28,29)22(4-2)21-17-10-15-18-12-8-9-16-20(18)21/h3,5-10,12-17,22-24H,1,4,11H2,2H3,(H,26,27)(H,28,29). The van der Waals surface area contributed by atoms with E-state index in [0.717, 1.165) is 16.3 Å². The van der Waals surface area contributed by atoms with Gasteiger partial charge in [0.25, 0.3) is 0 Å². The summed E-state index contributed by atoms with van der Waals surface area (Å²) in [6.07, 6.45) is 2.11. The SMILES string of the molecule is C=CCC(C(C(=O)O)c1ccccc1)P(=O)(O)C(CC)c1cccc2ccccc12. The molecule has 4 nitrogen and oxygen atoms in total. The summed E-state index contributed by atoms with van der Waals surface area (Å²) < 4.78 is 14.0. The highest BCUT2D eigenvalue weighted by Crippen LogP contribution is 2.65. The summed E-state index contributed by atoms with van der Waals surface area (Å²) in [5.41, 5.74) is -0.329. The summed E-state index contributed by atoms with van der Waals surface area (Å²) in [6.45, 7) is 5.61. The van der Waals surface area contributed by atoms with Crippen molar-refractivity contribution in [3.8, 4) is 0 Å². The third-order valence-corrected chi connectivity index (χ3v) is 8.70. The van der Waals surface area contributed by atoms with E-state index >= 15 is 0 Å². The van der Waals surface area contributed by atoms with E-state index in [0.29, 0.717) is 12.0 Å². The van der Waals surface area contributed by atoms with Crippen molar-refractivity contribution in [2.45, 2.75) is 37.0 Å². The Balaban J connectivity index is 2.15. The summed E-state index contributed by atoms with van der Waals surface area (Å²) >= 11 is 0. The van der Waals surface area contributed by atoms with Gasteiger partial charge in [-0.1, -0.05) is 85.8 Å². The number of allylic oxidation sites excluding steroid dienone is 1. The molecular weight excluding hydrogens is 395 g/mol. The zero-order valence-electron chi connectivity index (χ0n) is 17.0. The van der Waals surface area contributed by atoms with Crippen LogP contribution in [0.15, 0.2) is 85.5 Å². The van der Waals surface area contributed by atoms with Crippen LogP contribution in [0, 0.1) is 0 Å². The number of aliphatic carboxylic acids is 1. The average molecular weight is 422 g/mol. The van der Waals surface area contributed by atoms with Gasteiger partial charge >= 0.3 is 5.97 Å². The highest BCUT2D eigenvalue weighted by molar-refractivity contribution is 7.59. The van der Waals surface area contributed by atoms with Crippen molar-refractivity contribution >= 4 is 24.1 Å². The number of carbonyl (C=O) groups is 1. The first-order valence-corrected chi connectivity index (χ1v) is 11.9. The van der Waals surface area contributed by atoms with E-state index in [1.54, 1.807) is 36.4 Å². The predicted molar refractivity (Wildman–Crippen MR) is 122 cm³/mol. The van der Waals surface area contributed by atoms with E-state index in [9.17, 15) is 19.4 Å². The number of fused-ring (bicyclic) bond motifs is 1. The second kappa shape index (κ2) is 9.42. The lowest BCUT2D eigenvalue weighted by molar-refractivity contribution is -0.138. The fraction of sp³-hybridized carbons (Fsp3) is 0.240. The molecule has 3 rings (SSSR count). The lowest BCUT2D eigenvalue weighted by Gasteiger charge is -2.33. The maximum atomic E-state index is 14.0. The normalized spacial score (nSPS) is 16.3. The maximum Gasteiger partial charge on any atom is 0.311 e. The van der Waals surface area contributed by atoms with Crippen molar-refractivity contribution in [3.05, 3.63) is 96.6 Å². The van der Waals surface area contributed by atoms with Gasteiger partial charge in [-0.3, -0.25) is 9.36 Å². The monoisotopic (exact) mass is 422 g/mol. The Bertz CT molecular complexity index is 1070. The Kier molecular flexibility index (Phi) is 6.91. The number of hydrogen-bond acceptors (Lipinski definition) is 2. The fourth-order valence-corrected chi connectivity index (χ4v) is 7.10. The molecule has 3 aromatic carbocycles. The molecule has 0 fully saturated rings. The minimum atomic E-state index is -3.98. The molecule has 156 valence electrons. The molecule has 4 atom stereocenters. The first kappa shape index (κ1) is 22.0. The number of rotatable bonds is 9. The van der Waals surface area contributed by atoms with E-state index < -0.39 is 30.6 Å². The third kappa shape index (κ3) is 4.26. The van der Waals surface area contributed by atoms with Crippen molar-refractivity contribution < 1.29 is 19.4 Å². The topological polar surface area (TPSA) is 74.6 Å². The lowest BCUT2D eigenvalue weighted by atomic mass is 9.94. The van der Waals surface area contributed by atoms with Crippen LogP contribution in [0.4, 0.5) is 0 Å². The van der Waals surface area contributed by atoms with Crippen LogP contribution in [0.5, 0.6) is 0 Å². The van der Waals surface area contributed by atoms with Crippen LogP contribution in [-0.4, -0.2) is 21.6 Å². The number of carboxylic acids is 1. The van der Waals surface area contributed by atoms with Gasteiger partial charge in [-0.25, -0.2) is 0 Å². The van der Waals surface area contributed by atoms with Crippen molar-refractivity contribution in [2.75, 3.05) is 0 Å². The van der Waals surface area contributed by atoms with Gasteiger partial charge in [0.1, 0.15) is 0 Å². The van der Waals surface area contributed by atoms with Gasteiger partial charge in [0.05, 0.1) is 17.2 Å². The van der Waals surface area contributed by atoms with E-state index in [-0.39, 0.29) is 6.42 Å². The molecule has 4 unspecified atom stereocenters. The van der Waals surface area contributed by atoms with Crippen LogP contribution in [0.1, 0.15) is 42.5 Å². The third-order valence-electron chi connectivity index (χ3n) is 5.71. The van der Waals surface area contributed by atoms with Crippen molar-refractivity contribution in [1.29, 1.82) is 0 Å². The van der Waals surface area contributed by atoms with Crippen LogP contribution >= 0.6 is 7.37 Å². The van der Waals surface area contributed by atoms with E-state index in [2.05, 4.69) is 6.58 Å². The van der Waals surface area contributed by atoms with Crippen molar-refractivity contribution in [2.24, 2.45) is 0 Å². The second-order valence-electron chi connectivity index (χ2n) is 7.48. The minimum Gasteiger partial charge on any atom is -0.481 e. The van der Waals surface area contributed by atoms with Gasteiger partial charge in [0, 0.05) is 0 Å². The first-order valence-electron chi connectivity index (χ1n) is 10.1. The van der Waals surface area contributed by atoms with Gasteiger partial charge in [-0.2, -0.15) is 0 Å². The Morgan fingerprint density at radius 1 is 1.03 bits per heavy atom. The average Bonchev–Trinajstić information content (AvgIpc) is 2.74. The Labute approximate surface area is 177 Å². The van der Waals surface area contributed by atoms with Gasteiger partial charge in [-0.15, -0.1) is 6.58 Å². The Hall–Kier alpha value is -2.68. The molecular formula is C25H27O4P. The predicted octanol–water partition coefficient (Wildman–Crippen LogP) is 6.37. The molecule has 0 aromatic heterocycles. The van der Waals surface area contributed by atoms with E-state index in [1.165, 1.54) is 0 Å². The molecule has 0 aliphatic heterocycles. The maximum absolute atomic E-state index is 14.0. The molecule has 0 saturated heterocycles. The molecule has 3 aromatic rings. The molecule has 0 saturated carbocycles. The molecule has 0 aliphatic rings. The van der Waals surface area contributed by atoms with Crippen LogP contribution < -0.4 is 0 Å². The minimum absolute atomic E-state index is 0.140. The smallest absolute Gasteiger partial charge is 0.311 e. The Morgan fingerprint density at radius 2 is 1.67 bits per heavy atom. The summed E-state index contributed by atoms with van der Waals surface area (Å²) in [5, 5.41) is 11.9. The molecule has 0 aliphatic carbocycles. The second-order valence-corrected chi connectivity index (χ2v) is 10.1. The number of hydrogen-bond donors (Lipinski definition) is 2. The largest absolute Gasteiger partial charge is 0.481 e. The summed E-state index contributed by atoms with van der Waals surface area (Å²) in [4.78, 5) is 23.8. The molecule has 5 heteroatoms. The molecule has 0 radical (unpaired) electrons. The molecule has 2 N–H and O–H groups in total. The van der Waals surface area contributed by atoms with Crippen molar-refractivity contribution in [3.63, 3.8) is 0 Å². The molecule has 0 spiro atoms. The van der Waals surface area contributed by atoms with Crippen LogP contribution in [0.3, 0.4) is 0 Å². The molecule has 0 bridgehead atoms. The quantitative estimate of drug-likeness (QED) is 0.310. The highest BCUT2D eigenvalue weighted by Gasteiger charge is 2.46. The van der Waals surface area contributed by atoms with Crippen LogP contribution in [0.2, 0.25) is 0 Å². The zero-order valence-corrected chi connectivity index (χ0v) is 17.9. The van der Waals surface area contributed by atoms with Gasteiger partial charge in [-0.05, 0) is 34.7 Å². The number of benzene rings is 3. The van der Waals surface area contributed by atoms with Crippen LogP contribution in [0.25, 0.3) is 10.8 Å². The summed E-state index contributed by atoms with van der Waals surface area (Å²) in [7, 11) is -3.98. The van der Waals surface area contributed by atoms with Crippen molar-refractivity contribution in [1.82, 2.24) is 0 Å². The number of carboxylic acid groups (broad SMARTS) is 1. The molecule has 0 heterocycles. The lowest BCUT2D eigenvalue weighted by Crippen LogP contribution is -2.28. The molecule has 30 heavy (non-hydrogen) atoms. The summed E-state index contributed by atoms with van der Waals surface area (Å²) in [6, 6.07) is 22.2.